The highest BCUT2D eigenvalue weighted by atomic mass is 19.1. The van der Waals surface area contributed by atoms with E-state index in [1.807, 2.05) is 0 Å². The normalized spacial score (nSPS) is 12.5. The van der Waals surface area contributed by atoms with Crippen LogP contribution >= 0.6 is 0 Å². The average Bonchev–Trinajstić information content (AvgIpc) is 2.09. The molecule has 1 rings (SSSR count). The number of phenols is 1. The SMILES string of the molecule is Cc1cc(O)c(C(C)CC(=O)O)cc1F. The molecule has 0 aromatic heterocycles. The first-order chi connectivity index (χ1) is 6.91. The summed E-state index contributed by atoms with van der Waals surface area (Å²) in [6.45, 7) is 3.18. The number of aromatic hydroxyl groups is 1. The van der Waals surface area contributed by atoms with E-state index in [1.54, 1.807) is 13.8 Å². The Morgan fingerprint density at radius 3 is 2.67 bits per heavy atom. The fourth-order valence-electron chi connectivity index (χ4n) is 1.45. The monoisotopic (exact) mass is 212 g/mol. The first-order valence-corrected chi connectivity index (χ1v) is 4.62. The van der Waals surface area contributed by atoms with Crippen LogP contribution in [0.3, 0.4) is 0 Å². The molecule has 15 heavy (non-hydrogen) atoms. The summed E-state index contributed by atoms with van der Waals surface area (Å²) >= 11 is 0. The van der Waals surface area contributed by atoms with Gasteiger partial charge >= 0.3 is 5.97 Å². The van der Waals surface area contributed by atoms with Gasteiger partial charge in [-0.1, -0.05) is 6.92 Å². The number of benzene rings is 1. The van der Waals surface area contributed by atoms with Crippen molar-refractivity contribution in [3.05, 3.63) is 29.1 Å². The van der Waals surface area contributed by atoms with Crippen molar-refractivity contribution in [2.45, 2.75) is 26.2 Å². The summed E-state index contributed by atoms with van der Waals surface area (Å²) in [5, 5.41) is 18.1. The first kappa shape index (κ1) is 11.5. The highest BCUT2D eigenvalue weighted by Gasteiger charge is 2.15. The second kappa shape index (κ2) is 4.29. The molecular formula is C11H13FO3. The summed E-state index contributed by atoms with van der Waals surface area (Å²) in [5.41, 5.74) is 0.680. The molecule has 0 saturated heterocycles. The molecule has 0 spiro atoms. The summed E-state index contributed by atoms with van der Waals surface area (Å²) in [6.07, 6.45) is -0.129. The van der Waals surface area contributed by atoms with Crippen LogP contribution in [0.5, 0.6) is 5.75 Å². The van der Waals surface area contributed by atoms with Gasteiger partial charge in [0.2, 0.25) is 0 Å². The highest BCUT2D eigenvalue weighted by molar-refractivity contribution is 5.68. The van der Waals surface area contributed by atoms with Gasteiger partial charge in [-0.25, -0.2) is 4.39 Å². The van der Waals surface area contributed by atoms with E-state index in [4.69, 9.17) is 5.11 Å². The van der Waals surface area contributed by atoms with Crippen LogP contribution in [0.1, 0.15) is 30.4 Å². The summed E-state index contributed by atoms with van der Waals surface area (Å²) in [7, 11) is 0. The molecule has 0 amide bonds. The number of rotatable bonds is 3. The number of hydrogen-bond acceptors (Lipinski definition) is 2. The number of aryl methyl sites for hydroxylation is 1. The third-order valence-electron chi connectivity index (χ3n) is 2.32. The molecule has 4 heteroatoms. The predicted molar refractivity (Wildman–Crippen MR) is 53.5 cm³/mol. The lowest BCUT2D eigenvalue weighted by molar-refractivity contribution is -0.137. The Labute approximate surface area is 87.2 Å². The van der Waals surface area contributed by atoms with Crippen molar-refractivity contribution in [2.75, 3.05) is 0 Å². The van der Waals surface area contributed by atoms with E-state index in [2.05, 4.69) is 0 Å². The minimum Gasteiger partial charge on any atom is -0.508 e. The van der Waals surface area contributed by atoms with E-state index in [-0.39, 0.29) is 12.2 Å². The largest absolute Gasteiger partial charge is 0.508 e. The number of hydrogen-bond donors (Lipinski definition) is 2. The maximum atomic E-state index is 13.2. The van der Waals surface area contributed by atoms with Crippen LogP contribution in [0.15, 0.2) is 12.1 Å². The molecule has 1 aromatic carbocycles. The van der Waals surface area contributed by atoms with Crippen molar-refractivity contribution in [1.82, 2.24) is 0 Å². The third kappa shape index (κ3) is 2.68. The molecule has 1 unspecified atom stereocenters. The highest BCUT2D eigenvalue weighted by Crippen LogP contribution is 2.30. The Hall–Kier alpha value is -1.58. The number of phenolic OH excluding ortho intramolecular Hbond substituents is 1. The van der Waals surface area contributed by atoms with Crippen molar-refractivity contribution in [2.24, 2.45) is 0 Å². The first-order valence-electron chi connectivity index (χ1n) is 4.62. The molecule has 0 saturated carbocycles. The quantitative estimate of drug-likeness (QED) is 0.808. The Balaban J connectivity index is 3.03. The van der Waals surface area contributed by atoms with Crippen LogP contribution in [0.4, 0.5) is 4.39 Å². The van der Waals surface area contributed by atoms with Crippen molar-refractivity contribution < 1.29 is 19.4 Å². The van der Waals surface area contributed by atoms with Crippen LogP contribution in [-0.4, -0.2) is 16.2 Å². The Morgan fingerprint density at radius 2 is 2.13 bits per heavy atom. The number of aliphatic carboxylic acids is 1. The zero-order valence-electron chi connectivity index (χ0n) is 8.62. The van der Waals surface area contributed by atoms with Gasteiger partial charge in [0.1, 0.15) is 11.6 Å². The van der Waals surface area contributed by atoms with Crippen LogP contribution in [-0.2, 0) is 4.79 Å². The summed E-state index contributed by atoms with van der Waals surface area (Å²) in [6, 6.07) is 2.50. The van der Waals surface area contributed by atoms with Gasteiger partial charge < -0.3 is 10.2 Å². The molecule has 0 aliphatic carbocycles. The third-order valence-corrected chi connectivity index (χ3v) is 2.32. The summed E-state index contributed by atoms with van der Waals surface area (Å²) in [4.78, 5) is 10.5. The smallest absolute Gasteiger partial charge is 0.303 e. The predicted octanol–water partition coefficient (Wildman–Crippen LogP) is 2.42. The Bertz CT molecular complexity index is 388. The molecule has 2 N–H and O–H groups in total. The van der Waals surface area contributed by atoms with Gasteiger partial charge in [0.25, 0.3) is 0 Å². The number of carboxylic acids is 1. The van der Waals surface area contributed by atoms with E-state index in [0.717, 1.165) is 0 Å². The Kier molecular flexibility index (Phi) is 3.29. The van der Waals surface area contributed by atoms with Crippen molar-refractivity contribution >= 4 is 5.97 Å². The zero-order valence-corrected chi connectivity index (χ0v) is 8.62. The lowest BCUT2D eigenvalue weighted by atomic mass is 9.95. The molecule has 3 nitrogen and oxygen atoms in total. The fourth-order valence-corrected chi connectivity index (χ4v) is 1.45. The van der Waals surface area contributed by atoms with Crippen LogP contribution in [0.2, 0.25) is 0 Å². The van der Waals surface area contributed by atoms with E-state index in [9.17, 15) is 14.3 Å². The molecule has 0 radical (unpaired) electrons. The number of carboxylic acid groups (broad SMARTS) is 1. The van der Waals surface area contributed by atoms with E-state index in [1.165, 1.54) is 12.1 Å². The maximum absolute atomic E-state index is 13.2. The summed E-state index contributed by atoms with van der Waals surface area (Å²) < 4.78 is 13.2. The standard InChI is InChI=1S/C11H13FO3/c1-6(4-11(14)15)8-5-9(12)7(2)3-10(8)13/h3,5-6,13H,4H2,1-2H3,(H,14,15). The van der Waals surface area contributed by atoms with Crippen molar-refractivity contribution in [3.8, 4) is 5.75 Å². The molecule has 0 bridgehead atoms. The Morgan fingerprint density at radius 1 is 1.53 bits per heavy atom. The number of halogens is 1. The van der Waals surface area contributed by atoms with Gasteiger partial charge in [-0.15, -0.1) is 0 Å². The number of carbonyl (C=O) groups is 1. The lowest BCUT2D eigenvalue weighted by Crippen LogP contribution is -2.04. The van der Waals surface area contributed by atoms with E-state index < -0.39 is 17.7 Å². The van der Waals surface area contributed by atoms with Crippen LogP contribution in [0.25, 0.3) is 0 Å². The van der Waals surface area contributed by atoms with Gasteiger partial charge in [-0.2, -0.15) is 0 Å². The molecule has 0 heterocycles. The van der Waals surface area contributed by atoms with Gasteiger partial charge in [-0.3, -0.25) is 4.79 Å². The molecule has 0 fully saturated rings. The lowest BCUT2D eigenvalue weighted by Gasteiger charge is -2.12. The molecule has 1 atom stereocenters. The van der Waals surface area contributed by atoms with Crippen molar-refractivity contribution in [3.63, 3.8) is 0 Å². The van der Waals surface area contributed by atoms with Crippen molar-refractivity contribution in [1.29, 1.82) is 0 Å². The zero-order chi connectivity index (χ0) is 11.6. The van der Waals surface area contributed by atoms with Gasteiger partial charge in [0, 0.05) is 5.56 Å². The topological polar surface area (TPSA) is 57.5 Å². The van der Waals surface area contributed by atoms with Gasteiger partial charge in [-0.05, 0) is 30.5 Å². The minimum absolute atomic E-state index is 0.0531. The molecule has 1 aromatic rings. The second-order valence-corrected chi connectivity index (χ2v) is 3.66. The minimum atomic E-state index is -0.970. The van der Waals surface area contributed by atoms with Gasteiger partial charge in [0.15, 0.2) is 0 Å². The van der Waals surface area contributed by atoms with E-state index in [0.29, 0.717) is 11.1 Å². The summed E-state index contributed by atoms with van der Waals surface area (Å²) in [5.74, 6) is -1.86. The van der Waals surface area contributed by atoms with E-state index >= 15 is 0 Å². The second-order valence-electron chi connectivity index (χ2n) is 3.66. The van der Waals surface area contributed by atoms with Crippen LogP contribution in [0, 0.1) is 12.7 Å². The van der Waals surface area contributed by atoms with Crippen LogP contribution < -0.4 is 0 Å². The average molecular weight is 212 g/mol. The molecule has 82 valence electrons. The fraction of sp³-hybridized carbons (Fsp3) is 0.364. The molecule has 0 aliphatic heterocycles. The molecular weight excluding hydrogens is 199 g/mol. The maximum Gasteiger partial charge on any atom is 0.303 e. The molecule has 0 aliphatic rings. The van der Waals surface area contributed by atoms with Gasteiger partial charge in [0.05, 0.1) is 6.42 Å².